The molecule has 0 heterocycles. The average Bonchev–Trinajstić information content (AvgIpc) is 2.58. The van der Waals surface area contributed by atoms with E-state index in [9.17, 15) is 4.79 Å². The SMILES string of the molecule is COc1cc(CNC(=O)c2ccc(C)cc2C)cc(OC)c1OC. The maximum atomic E-state index is 12.4. The van der Waals surface area contributed by atoms with E-state index in [1.807, 2.05) is 44.2 Å². The molecule has 1 amide bonds. The van der Waals surface area contributed by atoms with Crippen molar-refractivity contribution in [3.8, 4) is 17.2 Å². The Labute approximate surface area is 142 Å². The van der Waals surface area contributed by atoms with Crippen molar-refractivity contribution in [2.45, 2.75) is 20.4 Å². The number of aryl methyl sites for hydroxylation is 2. The molecule has 0 aromatic heterocycles. The van der Waals surface area contributed by atoms with Gasteiger partial charge in [0.2, 0.25) is 5.75 Å². The van der Waals surface area contributed by atoms with Crippen molar-refractivity contribution in [1.29, 1.82) is 0 Å². The highest BCUT2D eigenvalue weighted by atomic mass is 16.5. The standard InChI is InChI=1S/C19H23NO4/c1-12-6-7-15(13(2)8-12)19(21)20-11-14-9-16(22-3)18(24-5)17(10-14)23-4/h6-10H,11H2,1-5H3,(H,20,21). The Hall–Kier alpha value is -2.69. The molecule has 5 nitrogen and oxygen atoms in total. The third-order valence-electron chi connectivity index (χ3n) is 3.80. The molecule has 24 heavy (non-hydrogen) atoms. The van der Waals surface area contributed by atoms with Crippen LogP contribution in [0.4, 0.5) is 0 Å². The lowest BCUT2D eigenvalue weighted by molar-refractivity contribution is 0.0950. The lowest BCUT2D eigenvalue weighted by Crippen LogP contribution is -2.23. The summed E-state index contributed by atoms with van der Waals surface area (Å²) in [5.41, 5.74) is 3.63. The van der Waals surface area contributed by atoms with Crippen LogP contribution in [0.5, 0.6) is 17.2 Å². The van der Waals surface area contributed by atoms with E-state index in [4.69, 9.17) is 14.2 Å². The largest absolute Gasteiger partial charge is 0.493 e. The fourth-order valence-electron chi connectivity index (χ4n) is 2.58. The van der Waals surface area contributed by atoms with Crippen LogP contribution < -0.4 is 19.5 Å². The van der Waals surface area contributed by atoms with Crippen molar-refractivity contribution in [3.05, 3.63) is 52.6 Å². The summed E-state index contributed by atoms with van der Waals surface area (Å²) in [5, 5.41) is 2.92. The zero-order chi connectivity index (χ0) is 17.7. The topological polar surface area (TPSA) is 56.8 Å². The van der Waals surface area contributed by atoms with E-state index < -0.39 is 0 Å². The number of hydrogen-bond donors (Lipinski definition) is 1. The van der Waals surface area contributed by atoms with E-state index in [-0.39, 0.29) is 5.91 Å². The maximum absolute atomic E-state index is 12.4. The quantitative estimate of drug-likeness (QED) is 0.884. The molecule has 0 saturated heterocycles. The number of carbonyl (C=O) groups excluding carboxylic acids is 1. The number of rotatable bonds is 6. The molecule has 0 atom stereocenters. The first kappa shape index (κ1) is 17.7. The van der Waals surface area contributed by atoms with Gasteiger partial charge in [-0.2, -0.15) is 0 Å². The minimum Gasteiger partial charge on any atom is -0.493 e. The van der Waals surface area contributed by atoms with Crippen LogP contribution in [0, 0.1) is 13.8 Å². The summed E-state index contributed by atoms with van der Waals surface area (Å²) in [5.74, 6) is 1.55. The van der Waals surface area contributed by atoms with Crippen molar-refractivity contribution in [1.82, 2.24) is 5.32 Å². The molecule has 0 fully saturated rings. The van der Waals surface area contributed by atoms with Crippen molar-refractivity contribution < 1.29 is 19.0 Å². The Bertz CT molecular complexity index is 715. The van der Waals surface area contributed by atoms with Crippen LogP contribution in [-0.2, 0) is 6.54 Å². The predicted molar refractivity (Wildman–Crippen MR) is 93.2 cm³/mol. The van der Waals surface area contributed by atoms with Crippen LogP contribution in [0.15, 0.2) is 30.3 Å². The minimum absolute atomic E-state index is 0.110. The van der Waals surface area contributed by atoms with Crippen LogP contribution in [0.3, 0.4) is 0 Å². The minimum atomic E-state index is -0.110. The molecule has 1 N–H and O–H groups in total. The molecule has 0 aliphatic rings. The highest BCUT2D eigenvalue weighted by molar-refractivity contribution is 5.95. The summed E-state index contributed by atoms with van der Waals surface area (Å²) in [6, 6.07) is 9.41. The third-order valence-corrected chi connectivity index (χ3v) is 3.80. The first-order valence-electron chi connectivity index (χ1n) is 7.64. The second kappa shape index (κ2) is 7.73. The van der Waals surface area contributed by atoms with Gasteiger partial charge in [-0.05, 0) is 43.2 Å². The predicted octanol–water partition coefficient (Wildman–Crippen LogP) is 3.26. The molecule has 0 aliphatic heterocycles. The monoisotopic (exact) mass is 329 g/mol. The fraction of sp³-hybridized carbons (Fsp3) is 0.316. The molecular weight excluding hydrogens is 306 g/mol. The van der Waals surface area contributed by atoms with Gasteiger partial charge in [0.15, 0.2) is 11.5 Å². The molecule has 0 radical (unpaired) electrons. The van der Waals surface area contributed by atoms with Gasteiger partial charge >= 0.3 is 0 Å². The summed E-state index contributed by atoms with van der Waals surface area (Å²) in [4.78, 5) is 12.4. The number of methoxy groups -OCH3 is 3. The molecule has 2 rings (SSSR count). The van der Waals surface area contributed by atoms with Crippen molar-refractivity contribution in [2.75, 3.05) is 21.3 Å². The van der Waals surface area contributed by atoms with Crippen LogP contribution in [0.25, 0.3) is 0 Å². The van der Waals surface area contributed by atoms with E-state index in [1.54, 1.807) is 21.3 Å². The maximum Gasteiger partial charge on any atom is 0.251 e. The lowest BCUT2D eigenvalue weighted by atomic mass is 10.1. The van der Waals surface area contributed by atoms with Crippen LogP contribution in [0.1, 0.15) is 27.0 Å². The Balaban J connectivity index is 2.18. The number of hydrogen-bond acceptors (Lipinski definition) is 4. The molecule has 0 bridgehead atoms. The first-order valence-corrected chi connectivity index (χ1v) is 7.64. The molecule has 2 aromatic rings. The van der Waals surface area contributed by atoms with Gasteiger partial charge in [-0.25, -0.2) is 0 Å². The Morgan fingerprint density at radius 2 is 1.58 bits per heavy atom. The van der Waals surface area contributed by atoms with Gasteiger partial charge in [0.25, 0.3) is 5.91 Å². The molecule has 0 spiro atoms. The second-order valence-electron chi connectivity index (χ2n) is 5.53. The smallest absolute Gasteiger partial charge is 0.251 e. The van der Waals surface area contributed by atoms with Crippen molar-refractivity contribution in [3.63, 3.8) is 0 Å². The Morgan fingerprint density at radius 1 is 0.958 bits per heavy atom. The lowest BCUT2D eigenvalue weighted by Gasteiger charge is -2.15. The van der Waals surface area contributed by atoms with Gasteiger partial charge in [-0.1, -0.05) is 17.7 Å². The summed E-state index contributed by atoms with van der Waals surface area (Å²) >= 11 is 0. The summed E-state index contributed by atoms with van der Waals surface area (Å²) in [7, 11) is 4.69. The molecule has 0 saturated carbocycles. The van der Waals surface area contributed by atoms with Gasteiger partial charge in [0, 0.05) is 12.1 Å². The number of amides is 1. The first-order chi connectivity index (χ1) is 11.5. The molecule has 2 aromatic carbocycles. The highest BCUT2D eigenvalue weighted by Gasteiger charge is 2.14. The van der Waals surface area contributed by atoms with Crippen LogP contribution in [0.2, 0.25) is 0 Å². The third kappa shape index (κ3) is 3.79. The second-order valence-corrected chi connectivity index (χ2v) is 5.53. The van der Waals surface area contributed by atoms with E-state index in [0.29, 0.717) is 29.4 Å². The average molecular weight is 329 g/mol. The number of benzene rings is 2. The van der Waals surface area contributed by atoms with Gasteiger partial charge in [0.1, 0.15) is 0 Å². The van der Waals surface area contributed by atoms with Crippen molar-refractivity contribution >= 4 is 5.91 Å². The highest BCUT2D eigenvalue weighted by Crippen LogP contribution is 2.38. The molecule has 128 valence electrons. The molecule has 0 aliphatic carbocycles. The molecule has 0 unspecified atom stereocenters. The Kier molecular flexibility index (Phi) is 5.68. The van der Waals surface area contributed by atoms with Gasteiger partial charge in [-0.3, -0.25) is 4.79 Å². The van der Waals surface area contributed by atoms with Gasteiger partial charge < -0.3 is 19.5 Å². The summed E-state index contributed by atoms with van der Waals surface area (Å²) in [6.45, 7) is 4.30. The van der Waals surface area contributed by atoms with E-state index >= 15 is 0 Å². The zero-order valence-electron chi connectivity index (χ0n) is 14.7. The summed E-state index contributed by atoms with van der Waals surface area (Å²) in [6.07, 6.45) is 0. The van der Waals surface area contributed by atoms with Crippen LogP contribution >= 0.6 is 0 Å². The number of carbonyl (C=O) groups is 1. The van der Waals surface area contributed by atoms with E-state index in [0.717, 1.165) is 16.7 Å². The normalized spacial score (nSPS) is 10.2. The van der Waals surface area contributed by atoms with Crippen LogP contribution in [-0.4, -0.2) is 27.2 Å². The van der Waals surface area contributed by atoms with Gasteiger partial charge in [0.05, 0.1) is 21.3 Å². The zero-order valence-corrected chi connectivity index (χ0v) is 14.7. The number of ether oxygens (including phenoxy) is 3. The molecular formula is C19H23NO4. The molecule has 5 heteroatoms. The van der Waals surface area contributed by atoms with Gasteiger partial charge in [-0.15, -0.1) is 0 Å². The van der Waals surface area contributed by atoms with E-state index in [1.165, 1.54) is 0 Å². The summed E-state index contributed by atoms with van der Waals surface area (Å²) < 4.78 is 15.9. The number of nitrogens with one attached hydrogen (secondary N) is 1. The van der Waals surface area contributed by atoms with Crippen molar-refractivity contribution in [2.24, 2.45) is 0 Å². The fourth-order valence-corrected chi connectivity index (χ4v) is 2.58. The van der Waals surface area contributed by atoms with E-state index in [2.05, 4.69) is 5.32 Å². The Morgan fingerprint density at radius 3 is 2.08 bits per heavy atom.